The SMILES string of the molecule is CC1(c2cccc(C=N)c2)C=C(NC2CC2)n2ncc(=Cc3sc(=O)[nH]c3O)c2=N1. The van der Waals surface area contributed by atoms with E-state index in [4.69, 9.17) is 10.4 Å². The van der Waals surface area contributed by atoms with Crippen molar-refractivity contribution in [3.8, 4) is 5.88 Å². The summed E-state index contributed by atoms with van der Waals surface area (Å²) in [5, 5.41) is 26.3. The van der Waals surface area contributed by atoms with Crippen molar-refractivity contribution in [2.45, 2.75) is 31.3 Å². The Bertz CT molecular complexity index is 1360. The smallest absolute Gasteiger partial charge is 0.307 e. The van der Waals surface area contributed by atoms with Gasteiger partial charge in [-0.2, -0.15) is 9.78 Å². The van der Waals surface area contributed by atoms with Gasteiger partial charge in [-0.15, -0.1) is 0 Å². The molecule has 3 aromatic rings. The molecule has 1 aliphatic carbocycles. The van der Waals surface area contributed by atoms with Gasteiger partial charge in [0.2, 0.25) is 5.88 Å². The number of hydrogen-bond donors (Lipinski definition) is 4. The van der Waals surface area contributed by atoms with Gasteiger partial charge in [-0.3, -0.25) is 14.8 Å². The fourth-order valence-electron chi connectivity index (χ4n) is 3.53. The van der Waals surface area contributed by atoms with Crippen molar-refractivity contribution in [2.75, 3.05) is 0 Å². The summed E-state index contributed by atoms with van der Waals surface area (Å²) in [6.07, 6.45) is 9.02. The fourth-order valence-corrected chi connectivity index (χ4v) is 4.21. The van der Waals surface area contributed by atoms with E-state index in [9.17, 15) is 9.90 Å². The van der Waals surface area contributed by atoms with Gasteiger partial charge in [-0.25, -0.2) is 0 Å². The predicted octanol–water partition coefficient (Wildman–Crippen LogP) is 1.26. The van der Waals surface area contributed by atoms with Crippen LogP contribution in [0.1, 0.15) is 35.8 Å². The molecule has 1 atom stereocenters. The molecular weight excluding hydrogens is 400 g/mol. The zero-order valence-corrected chi connectivity index (χ0v) is 17.0. The number of fused-ring (bicyclic) bond motifs is 1. The molecule has 1 aromatic carbocycles. The third-order valence-electron chi connectivity index (χ3n) is 5.27. The molecule has 0 radical (unpaired) electrons. The van der Waals surface area contributed by atoms with E-state index in [0.29, 0.717) is 21.6 Å². The average Bonchev–Trinajstić information content (AvgIpc) is 3.37. The van der Waals surface area contributed by atoms with Gasteiger partial charge in [0.1, 0.15) is 11.4 Å². The molecule has 0 amide bonds. The van der Waals surface area contributed by atoms with Gasteiger partial charge in [0.05, 0.1) is 11.1 Å². The zero-order chi connectivity index (χ0) is 20.9. The van der Waals surface area contributed by atoms with Crippen molar-refractivity contribution in [1.29, 1.82) is 5.41 Å². The van der Waals surface area contributed by atoms with Gasteiger partial charge in [0.15, 0.2) is 5.49 Å². The number of H-pyrrole nitrogens is 1. The van der Waals surface area contributed by atoms with Crippen molar-refractivity contribution in [1.82, 2.24) is 20.1 Å². The van der Waals surface area contributed by atoms with E-state index in [-0.39, 0.29) is 10.8 Å². The lowest BCUT2D eigenvalue weighted by Gasteiger charge is -2.27. The lowest BCUT2D eigenvalue weighted by Crippen LogP contribution is -2.41. The van der Waals surface area contributed by atoms with Gasteiger partial charge in [-0.05, 0) is 49.1 Å². The van der Waals surface area contributed by atoms with Gasteiger partial charge < -0.3 is 15.8 Å². The Labute approximate surface area is 175 Å². The third-order valence-corrected chi connectivity index (χ3v) is 6.08. The van der Waals surface area contributed by atoms with E-state index < -0.39 is 5.54 Å². The molecule has 1 fully saturated rings. The summed E-state index contributed by atoms with van der Waals surface area (Å²) in [6, 6.07) is 8.19. The van der Waals surface area contributed by atoms with Crippen molar-refractivity contribution >= 4 is 29.4 Å². The Morgan fingerprint density at radius 3 is 2.97 bits per heavy atom. The van der Waals surface area contributed by atoms with E-state index >= 15 is 0 Å². The molecule has 0 spiro atoms. The van der Waals surface area contributed by atoms with Crippen LogP contribution in [0, 0.1) is 5.41 Å². The molecule has 1 saturated carbocycles. The highest BCUT2D eigenvalue weighted by atomic mass is 32.1. The van der Waals surface area contributed by atoms with E-state index in [0.717, 1.165) is 41.1 Å². The summed E-state index contributed by atoms with van der Waals surface area (Å²) in [4.78, 5) is 19.1. The van der Waals surface area contributed by atoms with E-state index in [1.54, 1.807) is 17.0 Å². The molecule has 8 nitrogen and oxygen atoms in total. The first kappa shape index (κ1) is 18.6. The minimum atomic E-state index is -0.665. The maximum absolute atomic E-state index is 11.6. The Balaban J connectivity index is 1.72. The first-order chi connectivity index (χ1) is 14.4. The second-order valence-electron chi connectivity index (χ2n) is 7.68. The van der Waals surface area contributed by atoms with Crippen LogP contribution < -0.4 is 20.9 Å². The normalized spacial score (nSPS) is 21.0. The summed E-state index contributed by atoms with van der Waals surface area (Å²) in [5.41, 5.74) is 1.75. The molecule has 2 aliphatic rings. The molecule has 2 aromatic heterocycles. The van der Waals surface area contributed by atoms with Crippen LogP contribution in [0.4, 0.5) is 0 Å². The molecule has 3 heterocycles. The second-order valence-corrected chi connectivity index (χ2v) is 8.70. The fraction of sp³-hybridized carbons (Fsp3) is 0.238. The van der Waals surface area contributed by atoms with Crippen molar-refractivity contribution in [3.05, 3.63) is 72.9 Å². The van der Waals surface area contributed by atoms with Crippen molar-refractivity contribution < 1.29 is 5.11 Å². The van der Waals surface area contributed by atoms with Crippen LogP contribution in [0.15, 0.2) is 46.3 Å². The Hall–Kier alpha value is -3.46. The average molecular weight is 420 g/mol. The molecule has 9 heteroatoms. The van der Waals surface area contributed by atoms with Crippen molar-refractivity contribution in [3.63, 3.8) is 0 Å². The number of aromatic amines is 1. The van der Waals surface area contributed by atoms with E-state index in [1.807, 2.05) is 31.2 Å². The predicted molar refractivity (Wildman–Crippen MR) is 115 cm³/mol. The summed E-state index contributed by atoms with van der Waals surface area (Å²) in [6.45, 7) is 2.02. The number of benzene rings is 1. The maximum Gasteiger partial charge on any atom is 0.307 e. The molecule has 1 aliphatic heterocycles. The molecular formula is C21H20N6O2S. The number of aromatic nitrogens is 3. The molecule has 1 unspecified atom stereocenters. The molecule has 152 valence electrons. The topological polar surface area (TPSA) is 119 Å². The summed E-state index contributed by atoms with van der Waals surface area (Å²) in [5.74, 6) is 0.700. The van der Waals surface area contributed by atoms with Crippen LogP contribution in [0.25, 0.3) is 11.9 Å². The number of rotatable bonds is 5. The number of thiazole rings is 1. The number of nitrogens with one attached hydrogen (secondary N) is 3. The highest BCUT2D eigenvalue weighted by Gasteiger charge is 2.31. The molecule has 0 saturated heterocycles. The number of nitrogens with zero attached hydrogens (tertiary/aromatic N) is 3. The first-order valence-electron chi connectivity index (χ1n) is 9.64. The molecule has 0 bridgehead atoms. The maximum atomic E-state index is 11.6. The van der Waals surface area contributed by atoms with Gasteiger partial charge in [-0.1, -0.05) is 29.5 Å². The standard InChI is InChI=1S/C21H20N6O2S/c1-21(14-4-2-3-12(7-14)10-22)9-17(24-15-5-6-15)27-18(26-21)13(11-23-27)8-16-19(28)25-20(29)30-16/h2-4,7-11,15,22,24,28H,5-6H2,1H3,(H,25,29). The summed E-state index contributed by atoms with van der Waals surface area (Å²) >= 11 is 0.935. The van der Waals surface area contributed by atoms with Crippen LogP contribution in [0.5, 0.6) is 5.88 Å². The second kappa shape index (κ2) is 6.81. The van der Waals surface area contributed by atoms with E-state index in [2.05, 4.69) is 21.5 Å². The Morgan fingerprint density at radius 2 is 2.27 bits per heavy atom. The lowest BCUT2D eigenvalue weighted by molar-refractivity contribution is 0.455. The highest BCUT2D eigenvalue weighted by molar-refractivity contribution is 7.10. The zero-order valence-electron chi connectivity index (χ0n) is 16.2. The quantitative estimate of drug-likeness (QED) is 0.465. The monoisotopic (exact) mass is 420 g/mol. The summed E-state index contributed by atoms with van der Waals surface area (Å²) in [7, 11) is 0. The molecule has 30 heavy (non-hydrogen) atoms. The van der Waals surface area contributed by atoms with E-state index in [1.165, 1.54) is 6.21 Å². The third kappa shape index (κ3) is 3.26. The summed E-state index contributed by atoms with van der Waals surface area (Å²) < 4.78 is 1.76. The van der Waals surface area contributed by atoms with Gasteiger partial charge >= 0.3 is 4.87 Å². The number of aromatic hydroxyl groups is 1. The highest BCUT2D eigenvalue weighted by Crippen LogP contribution is 2.31. The lowest BCUT2D eigenvalue weighted by atomic mass is 9.90. The Morgan fingerprint density at radius 1 is 1.43 bits per heavy atom. The Kier molecular flexibility index (Phi) is 4.21. The minimum Gasteiger partial charge on any atom is -0.493 e. The first-order valence-corrected chi connectivity index (χ1v) is 10.5. The van der Waals surface area contributed by atoms with Gasteiger partial charge in [0.25, 0.3) is 0 Å². The van der Waals surface area contributed by atoms with Crippen LogP contribution in [0.3, 0.4) is 0 Å². The van der Waals surface area contributed by atoms with Crippen LogP contribution in [0.2, 0.25) is 0 Å². The van der Waals surface area contributed by atoms with Crippen LogP contribution >= 0.6 is 11.3 Å². The van der Waals surface area contributed by atoms with Crippen LogP contribution in [-0.2, 0) is 5.54 Å². The largest absolute Gasteiger partial charge is 0.493 e. The van der Waals surface area contributed by atoms with Crippen molar-refractivity contribution in [2.24, 2.45) is 4.99 Å². The molecule has 5 rings (SSSR count). The number of hydrogen-bond acceptors (Lipinski definition) is 7. The molecule has 4 N–H and O–H groups in total. The van der Waals surface area contributed by atoms with Gasteiger partial charge in [0, 0.05) is 17.5 Å². The van der Waals surface area contributed by atoms with Crippen LogP contribution in [-0.4, -0.2) is 32.1 Å². The minimum absolute atomic E-state index is 0.158.